The summed E-state index contributed by atoms with van der Waals surface area (Å²) in [6.07, 6.45) is 3.77. The number of aliphatic carboxylic acids is 1. The predicted molar refractivity (Wildman–Crippen MR) is 79.6 cm³/mol. The molecule has 1 saturated heterocycles. The summed E-state index contributed by atoms with van der Waals surface area (Å²) < 4.78 is 1.50. The maximum Gasteiger partial charge on any atom is 0.324 e. The van der Waals surface area contributed by atoms with Crippen LogP contribution in [-0.4, -0.2) is 37.4 Å². The first kappa shape index (κ1) is 14.2. The maximum atomic E-state index is 12.0. The van der Waals surface area contributed by atoms with E-state index in [-0.39, 0.29) is 5.56 Å². The molecule has 0 aromatic carbocycles. The van der Waals surface area contributed by atoms with Crippen LogP contribution in [0.4, 0.5) is 0 Å². The molecule has 0 saturated carbocycles. The fourth-order valence-corrected chi connectivity index (χ4v) is 3.86. The Morgan fingerprint density at radius 2 is 2.38 bits per heavy atom. The fraction of sp³-hybridized carbons (Fsp3) is 0.500. The third-order valence-electron chi connectivity index (χ3n) is 4.32. The number of hydrogen-bond acceptors (Lipinski definition) is 5. The topological polar surface area (TPSA) is 74.9 Å². The zero-order valence-corrected chi connectivity index (χ0v) is 12.6. The van der Waals surface area contributed by atoms with Crippen LogP contribution in [0.5, 0.6) is 0 Å². The number of thiazole rings is 1. The zero-order chi connectivity index (χ0) is 15.0. The van der Waals surface area contributed by atoms with E-state index in [9.17, 15) is 14.7 Å². The van der Waals surface area contributed by atoms with Gasteiger partial charge < -0.3 is 5.11 Å². The minimum atomic E-state index is -0.817. The molecule has 2 aromatic heterocycles. The third-order valence-corrected chi connectivity index (χ3v) is 5.07. The molecule has 1 atom stereocenters. The van der Waals surface area contributed by atoms with Crippen LogP contribution in [0.2, 0.25) is 0 Å². The SMILES string of the molecule is CCC1(C(=O)O)CCCN1Cc1cc(=O)n2ccsc2n1. The zero-order valence-electron chi connectivity index (χ0n) is 11.8. The second-order valence-electron chi connectivity index (χ2n) is 5.36. The molecule has 3 heterocycles. The highest BCUT2D eigenvalue weighted by Gasteiger charge is 2.46. The summed E-state index contributed by atoms with van der Waals surface area (Å²) in [6.45, 7) is 3.03. The summed E-state index contributed by atoms with van der Waals surface area (Å²) >= 11 is 1.40. The van der Waals surface area contributed by atoms with E-state index in [2.05, 4.69) is 4.98 Å². The second kappa shape index (κ2) is 5.23. The summed E-state index contributed by atoms with van der Waals surface area (Å²) in [5.74, 6) is -0.781. The van der Waals surface area contributed by atoms with Crippen molar-refractivity contribution in [2.75, 3.05) is 6.54 Å². The van der Waals surface area contributed by atoms with Crippen molar-refractivity contribution in [3.05, 3.63) is 33.7 Å². The van der Waals surface area contributed by atoms with E-state index in [1.807, 2.05) is 17.2 Å². The molecule has 112 valence electrons. The quantitative estimate of drug-likeness (QED) is 0.928. The Bertz CT molecular complexity index is 738. The van der Waals surface area contributed by atoms with Gasteiger partial charge in [0, 0.05) is 24.2 Å². The van der Waals surface area contributed by atoms with E-state index in [1.165, 1.54) is 21.8 Å². The van der Waals surface area contributed by atoms with E-state index >= 15 is 0 Å². The summed E-state index contributed by atoms with van der Waals surface area (Å²) in [5, 5.41) is 11.4. The van der Waals surface area contributed by atoms with Gasteiger partial charge in [0.1, 0.15) is 5.54 Å². The molecule has 21 heavy (non-hydrogen) atoms. The Morgan fingerprint density at radius 3 is 3.10 bits per heavy atom. The lowest BCUT2D eigenvalue weighted by Gasteiger charge is -2.33. The highest BCUT2D eigenvalue weighted by atomic mass is 32.1. The van der Waals surface area contributed by atoms with Crippen LogP contribution in [0.15, 0.2) is 22.4 Å². The number of carboxylic acids is 1. The van der Waals surface area contributed by atoms with Gasteiger partial charge >= 0.3 is 5.97 Å². The molecule has 1 aliphatic rings. The van der Waals surface area contributed by atoms with Crippen molar-refractivity contribution in [3.8, 4) is 0 Å². The normalized spacial score (nSPS) is 22.9. The van der Waals surface area contributed by atoms with Crippen LogP contribution in [0.1, 0.15) is 31.9 Å². The van der Waals surface area contributed by atoms with Crippen LogP contribution in [0.25, 0.3) is 4.96 Å². The summed E-state index contributed by atoms with van der Waals surface area (Å²) in [4.78, 5) is 30.7. The second-order valence-corrected chi connectivity index (χ2v) is 6.23. The summed E-state index contributed by atoms with van der Waals surface area (Å²) in [6, 6.07) is 1.50. The molecule has 0 bridgehead atoms. The van der Waals surface area contributed by atoms with Crippen molar-refractivity contribution in [1.29, 1.82) is 0 Å². The average Bonchev–Trinajstić information content (AvgIpc) is 3.06. The van der Waals surface area contributed by atoms with E-state index in [0.29, 0.717) is 30.0 Å². The monoisotopic (exact) mass is 307 g/mol. The number of nitrogens with zero attached hydrogens (tertiary/aromatic N) is 3. The van der Waals surface area contributed by atoms with Gasteiger partial charge in [-0.2, -0.15) is 0 Å². The standard InChI is InChI=1S/C14H17N3O3S/c1-2-14(12(19)20)4-3-5-16(14)9-10-8-11(18)17-6-7-21-13(17)15-10/h6-8H,2-5,9H2,1H3,(H,19,20). The van der Waals surface area contributed by atoms with Gasteiger partial charge in [-0.1, -0.05) is 6.92 Å². The highest BCUT2D eigenvalue weighted by molar-refractivity contribution is 7.15. The average molecular weight is 307 g/mol. The molecule has 0 aliphatic carbocycles. The Labute approximate surface area is 125 Å². The molecule has 1 fully saturated rings. The maximum absolute atomic E-state index is 12.0. The van der Waals surface area contributed by atoms with Crippen molar-refractivity contribution in [1.82, 2.24) is 14.3 Å². The first-order chi connectivity index (χ1) is 10.1. The van der Waals surface area contributed by atoms with Crippen molar-refractivity contribution < 1.29 is 9.90 Å². The molecule has 0 spiro atoms. The summed E-state index contributed by atoms with van der Waals surface area (Å²) in [7, 11) is 0. The van der Waals surface area contributed by atoms with Crippen LogP contribution < -0.4 is 5.56 Å². The number of hydrogen-bond donors (Lipinski definition) is 1. The van der Waals surface area contributed by atoms with E-state index < -0.39 is 11.5 Å². The molecule has 1 N–H and O–H groups in total. The Kier molecular flexibility index (Phi) is 3.54. The molecular formula is C14H17N3O3S. The molecular weight excluding hydrogens is 290 g/mol. The minimum Gasteiger partial charge on any atom is -0.480 e. The van der Waals surface area contributed by atoms with Crippen molar-refractivity contribution in [2.45, 2.75) is 38.3 Å². The first-order valence-corrected chi connectivity index (χ1v) is 7.89. The molecule has 6 nitrogen and oxygen atoms in total. The predicted octanol–water partition coefficient (Wildman–Crippen LogP) is 1.59. The lowest BCUT2D eigenvalue weighted by Crippen LogP contribution is -2.49. The van der Waals surface area contributed by atoms with Gasteiger partial charge in [0.25, 0.3) is 5.56 Å². The van der Waals surface area contributed by atoms with Gasteiger partial charge in [-0.05, 0) is 25.8 Å². The molecule has 7 heteroatoms. The van der Waals surface area contributed by atoms with Gasteiger partial charge in [0.05, 0.1) is 5.69 Å². The van der Waals surface area contributed by atoms with Crippen LogP contribution in [0.3, 0.4) is 0 Å². The van der Waals surface area contributed by atoms with E-state index in [4.69, 9.17) is 0 Å². The van der Waals surface area contributed by atoms with Crippen molar-refractivity contribution in [3.63, 3.8) is 0 Å². The van der Waals surface area contributed by atoms with E-state index in [0.717, 1.165) is 13.0 Å². The van der Waals surface area contributed by atoms with Crippen molar-refractivity contribution in [2.24, 2.45) is 0 Å². The van der Waals surface area contributed by atoms with Gasteiger partial charge in [-0.3, -0.25) is 18.9 Å². The number of rotatable bonds is 4. The van der Waals surface area contributed by atoms with Crippen molar-refractivity contribution >= 4 is 22.3 Å². The lowest BCUT2D eigenvalue weighted by atomic mass is 9.93. The van der Waals surface area contributed by atoms with Crippen LogP contribution in [-0.2, 0) is 11.3 Å². The molecule has 0 radical (unpaired) electrons. The molecule has 2 aromatic rings. The minimum absolute atomic E-state index is 0.118. The highest BCUT2D eigenvalue weighted by Crippen LogP contribution is 2.33. The summed E-state index contributed by atoms with van der Waals surface area (Å²) in [5.41, 5.74) is -0.293. The van der Waals surface area contributed by atoms with E-state index in [1.54, 1.807) is 6.20 Å². The molecule has 3 rings (SSSR count). The first-order valence-electron chi connectivity index (χ1n) is 7.01. The molecule has 1 aliphatic heterocycles. The van der Waals surface area contributed by atoms with Crippen LogP contribution >= 0.6 is 11.3 Å². The Hall–Kier alpha value is -1.73. The van der Waals surface area contributed by atoms with Gasteiger partial charge in [0.15, 0.2) is 4.96 Å². The number of fused-ring (bicyclic) bond motifs is 1. The largest absolute Gasteiger partial charge is 0.480 e. The van der Waals surface area contributed by atoms with Crippen LogP contribution in [0, 0.1) is 0 Å². The van der Waals surface area contributed by atoms with Gasteiger partial charge in [0.2, 0.25) is 0 Å². The smallest absolute Gasteiger partial charge is 0.324 e. The van der Waals surface area contributed by atoms with Gasteiger partial charge in [-0.25, -0.2) is 4.98 Å². The lowest BCUT2D eigenvalue weighted by molar-refractivity contribution is -0.150. The molecule has 1 unspecified atom stereocenters. The third kappa shape index (κ3) is 2.26. The number of likely N-dealkylation sites (tertiary alicyclic amines) is 1. The fourth-order valence-electron chi connectivity index (χ4n) is 3.12. The Balaban J connectivity index is 1.94. The molecule has 0 amide bonds. The number of carboxylic acid groups (broad SMARTS) is 1. The number of carbonyl (C=O) groups is 1. The Morgan fingerprint density at radius 1 is 1.57 bits per heavy atom. The number of aromatic nitrogens is 2. The van der Waals surface area contributed by atoms with Gasteiger partial charge in [-0.15, -0.1) is 11.3 Å².